The van der Waals surface area contributed by atoms with E-state index in [2.05, 4.69) is 5.32 Å². The number of hydrogen-bond donors (Lipinski definition) is 1. The first-order valence-corrected chi connectivity index (χ1v) is 6.49. The molecule has 2 aliphatic heterocycles. The maximum atomic E-state index is 12.2. The maximum absolute atomic E-state index is 12.2. The van der Waals surface area contributed by atoms with Gasteiger partial charge in [0.2, 0.25) is 0 Å². The molecule has 2 rings (SSSR count). The topological polar surface area (TPSA) is 41.6 Å². The minimum atomic E-state index is -0.242. The van der Waals surface area contributed by atoms with Crippen LogP contribution in [0.2, 0.25) is 0 Å². The standard InChI is InChI=1S/C12H22N2O2/c15-12(11-10-13-6-9-16-11)14-7-4-2-1-3-5-8-14/h11,13H,1-10H2. The summed E-state index contributed by atoms with van der Waals surface area (Å²) in [5, 5.41) is 3.21. The van der Waals surface area contributed by atoms with Crippen molar-refractivity contribution in [3.63, 3.8) is 0 Å². The largest absolute Gasteiger partial charge is 0.366 e. The second kappa shape index (κ2) is 6.21. The summed E-state index contributed by atoms with van der Waals surface area (Å²) < 4.78 is 5.51. The van der Waals surface area contributed by atoms with Crippen molar-refractivity contribution in [3.8, 4) is 0 Å². The van der Waals surface area contributed by atoms with E-state index in [1.165, 1.54) is 19.3 Å². The highest BCUT2D eigenvalue weighted by molar-refractivity contribution is 5.81. The first-order chi connectivity index (χ1) is 7.88. The van der Waals surface area contributed by atoms with Crippen LogP contribution in [0.1, 0.15) is 32.1 Å². The molecule has 0 aliphatic carbocycles. The van der Waals surface area contributed by atoms with Crippen molar-refractivity contribution >= 4 is 5.91 Å². The molecule has 0 radical (unpaired) electrons. The van der Waals surface area contributed by atoms with E-state index in [-0.39, 0.29) is 12.0 Å². The van der Waals surface area contributed by atoms with Crippen molar-refractivity contribution in [1.82, 2.24) is 10.2 Å². The molecule has 2 saturated heterocycles. The highest BCUT2D eigenvalue weighted by Gasteiger charge is 2.26. The highest BCUT2D eigenvalue weighted by Crippen LogP contribution is 2.12. The maximum Gasteiger partial charge on any atom is 0.253 e. The van der Waals surface area contributed by atoms with E-state index in [0.717, 1.165) is 32.5 Å². The fourth-order valence-corrected chi connectivity index (χ4v) is 2.40. The van der Waals surface area contributed by atoms with Crippen LogP contribution < -0.4 is 5.32 Å². The molecule has 4 heteroatoms. The van der Waals surface area contributed by atoms with Gasteiger partial charge in [0.15, 0.2) is 0 Å². The van der Waals surface area contributed by atoms with E-state index in [9.17, 15) is 4.79 Å². The third-order valence-corrected chi connectivity index (χ3v) is 3.37. The minimum absolute atomic E-state index is 0.189. The number of carbonyl (C=O) groups is 1. The average Bonchev–Trinajstić information content (AvgIpc) is 2.29. The summed E-state index contributed by atoms with van der Waals surface area (Å²) in [6.07, 6.45) is 5.88. The third-order valence-electron chi connectivity index (χ3n) is 3.37. The Morgan fingerprint density at radius 1 is 1.12 bits per heavy atom. The van der Waals surface area contributed by atoms with Crippen LogP contribution in [0.5, 0.6) is 0 Å². The first-order valence-electron chi connectivity index (χ1n) is 6.49. The number of nitrogens with zero attached hydrogens (tertiary/aromatic N) is 1. The van der Waals surface area contributed by atoms with Gasteiger partial charge in [-0.3, -0.25) is 4.79 Å². The average molecular weight is 226 g/mol. The molecule has 0 aromatic heterocycles. The van der Waals surface area contributed by atoms with Crippen molar-refractivity contribution in [1.29, 1.82) is 0 Å². The molecule has 0 saturated carbocycles. The Labute approximate surface area is 97.3 Å². The molecular formula is C12H22N2O2. The van der Waals surface area contributed by atoms with Crippen molar-refractivity contribution in [2.24, 2.45) is 0 Å². The predicted molar refractivity (Wildman–Crippen MR) is 62.3 cm³/mol. The molecule has 1 atom stereocenters. The highest BCUT2D eigenvalue weighted by atomic mass is 16.5. The van der Waals surface area contributed by atoms with Crippen LogP contribution in [0, 0.1) is 0 Å². The Balaban J connectivity index is 1.85. The lowest BCUT2D eigenvalue weighted by atomic mass is 10.1. The summed E-state index contributed by atoms with van der Waals surface area (Å²) >= 11 is 0. The summed E-state index contributed by atoms with van der Waals surface area (Å²) in [4.78, 5) is 14.2. The van der Waals surface area contributed by atoms with Crippen molar-refractivity contribution in [2.75, 3.05) is 32.8 Å². The minimum Gasteiger partial charge on any atom is -0.366 e. The van der Waals surface area contributed by atoms with Crippen LogP contribution in [-0.2, 0) is 9.53 Å². The summed E-state index contributed by atoms with van der Waals surface area (Å²) in [6.45, 7) is 4.03. The third kappa shape index (κ3) is 3.19. The fraction of sp³-hybridized carbons (Fsp3) is 0.917. The molecule has 0 aromatic carbocycles. The van der Waals surface area contributed by atoms with Crippen LogP contribution in [-0.4, -0.2) is 49.7 Å². The number of nitrogens with one attached hydrogen (secondary N) is 1. The van der Waals surface area contributed by atoms with Gasteiger partial charge in [0, 0.05) is 26.2 Å². The summed E-state index contributed by atoms with van der Waals surface area (Å²) in [5.74, 6) is 0.189. The molecule has 0 spiro atoms. The Kier molecular flexibility index (Phi) is 4.60. The van der Waals surface area contributed by atoms with Gasteiger partial charge in [-0.15, -0.1) is 0 Å². The molecule has 4 nitrogen and oxygen atoms in total. The molecule has 1 N–H and O–H groups in total. The number of amides is 1. The van der Waals surface area contributed by atoms with E-state index in [4.69, 9.17) is 4.74 Å². The van der Waals surface area contributed by atoms with Crippen molar-refractivity contribution in [3.05, 3.63) is 0 Å². The quantitative estimate of drug-likeness (QED) is 0.718. The number of morpholine rings is 1. The Bertz CT molecular complexity index is 219. The molecule has 92 valence electrons. The molecule has 1 amide bonds. The summed E-state index contributed by atoms with van der Waals surface area (Å²) in [5.41, 5.74) is 0. The van der Waals surface area contributed by atoms with Crippen molar-refractivity contribution in [2.45, 2.75) is 38.2 Å². The van der Waals surface area contributed by atoms with Gasteiger partial charge in [0.1, 0.15) is 6.10 Å². The number of carbonyl (C=O) groups excluding carboxylic acids is 1. The zero-order chi connectivity index (χ0) is 11.2. The number of rotatable bonds is 1. The Morgan fingerprint density at radius 2 is 1.81 bits per heavy atom. The predicted octanol–water partition coefficient (Wildman–Crippen LogP) is 0.767. The molecule has 1 unspecified atom stereocenters. The lowest BCUT2D eigenvalue weighted by molar-refractivity contribution is -0.145. The first kappa shape index (κ1) is 11.9. The van der Waals surface area contributed by atoms with Gasteiger partial charge in [0.25, 0.3) is 5.91 Å². The molecule has 0 bridgehead atoms. The summed E-state index contributed by atoms with van der Waals surface area (Å²) in [7, 11) is 0. The number of hydrogen-bond acceptors (Lipinski definition) is 3. The Hall–Kier alpha value is -0.610. The van der Waals surface area contributed by atoms with Gasteiger partial charge in [-0.2, -0.15) is 0 Å². The molecular weight excluding hydrogens is 204 g/mol. The fourth-order valence-electron chi connectivity index (χ4n) is 2.40. The van der Waals surface area contributed by atoms with E-state index < -0.39 is 0 Å². The van der Waals surface area contributed by atoms with Gasteiger partial charge in [-0.1, -0.05) is 19.3 Å². The van der Waals surface area contributed by atoms with Crippen LogP contribution >= 0.6 is 0 Å². The van der Waals surface area contributed by atoms with Crippen LogP contribution in [0.15, 0.2) is 0 Å². The molecule has 0 aromatic rings. The zero-order valence-electron chi connectivity index (χ0n) is 9.91. The van der Waals surface area contributed by atoms with E-state index in [0.29, 0.717) is 13.2 Å². The lowest BCUT2D eigenvalue weighted by Crippen LogP contribution is -2.50. The second-order valence-electron chi connectivity index (χ2n) is 4.66. The molecule has 16 heavy (non-hydrogen) atoms. The van der Waals surface area contributed by atoms with Crippen LogP contribution in [0.25, 0.3) is 0 Å². The van der Waals surface area contributed by atoms with Crippen LogP contribution in [0.4, 0.5) is 0 Å². The molecule has 2 aliphatic rings. The van der Waals surface area contributed by atoms with E-state index in [1.54, 1.807) is 0 Å². The SMILES string of the molecule is O=C(C1CNCCO1)N1CCCCCCC1. The smallest absolute Gasteiger partial charge is 0.253 e. The van der Waals surface area contributed by atoms with Crippen molar-refractivity contribution < 1.29 is 9.53 Å². The Morgan fingerprint density at radius 3 is 2.44 bits per heavy atom. The van der Waals surface area contributed by atoms with E-state index >= 15 is 0 Å². The molecule has 2 heterocycles. The second-order valence-corrected chi connectivity index (χ2v) is 4.66. The number of ether oxygens (including phenoxy) is 1. The normalized spacial score (nSPS) is 28.2. The van der Waals surface area contributed by atoms with Gasteiger partial charge < -0.3 is 15.0 Å². The summed E-state index contributed by atoms with van der Waals surface area (Å²) in [6, 6.07) is 0. The van der Waals surface area contributed by atoms with Gasteiger partial charge in [0.05, 0.1) is 6.61 Å². The number of likely N-dealkylation sites (tertiary alicyclic amines) is 1. The molecule has 2 fully saturated rings. The monoisotopic (exact) mass is 226 g/mol. The lowest BCUT2D eigenvalue weighted by Gasteiger charge is -2.30. The van der Waals surface area contributed by atoms with E-state index in [1.807, 2.05) is 4.90 Å². The van der Waals surface area contributed by atoms with Gasteiger partial charge in [-0.05, 0) is 12.8 Å². The van der Waals surface area contributed by atoms with Gasteiger partial charge >= 0.3 is 0 Å². The van der Waals surface area contributed by atoms with Crippen LogP contribution in [0.3, 0.4) is 0 Å². The zero-order valence-corrected chi connectivity index (χ0v) is 9.91. The van der Waals surface area contributed by atoms with Gasteiger partial charge in [-0.25, -0.2) is 0 Å².